The first-order chi connectivity index (χ1) is 14.7. The van der Waals surface area contributed by atoms with Gasteiger partial charge in [-0.1, -0.05) is 59.9 Å². The number of hydrogen-bond donors (Lipinski definition) is 0. The maximum absolute atomic E-state index is 5.12. The maximum atomic E-state index is 5.12. The van der Waals surface area contributed by atoms with Crippen LogP contribution in [0.4, 0.5) is 0 Å². The molecule has 0 radical (unpaired) electrons. The number of fused-ring (bicyclic) bond motifs is 1. The fourth-order valence-electron chi connectivity index (χ4n) is 4.11. The minimum absolute atomic E-state index is 0.299. The first-order valence-electron chi connectivity index (χ1n) is 10.2. The van der Waals surface area contributed by atoms with E-state index < -0.39 is 0 Å². The molecule has 0 amide bonds. The van der Waals surface area contributed by atoms with Crippen LogP contribution in [-0.4, -0.2) is 19.1 Å². The summed E-state index contributed by atoms with van der Waals surface area (Å²) in [6.07, 6.45) is 5.44. The Hall–Kier alpha value is -2.44. The van der Waals surface area contributed by atoms with Gasteiger partial charge in [0.05, 0.1) is 11.9 Å². The lowest BCUT2D eigenvalue weighted by Gasteiger charge is -2.22. The highest BCUT2D eigenvalue weighted by molar-refractivity contribution is 7.99. The Balaban J connectivity index is 1.46. The van der Waals surface area contributed by atoms with Crippen LogP contribution >= 0.6 is 23.5 Å². The van der Waals surface area contributed by atoms with Crippen LogP contribution in [0.15, 0.2) is 87.0 Å². The molecule has 6 heteroatoms. The summed E-state index contributed by atoms with van der Waals surface area (Å²) >= 11 is 3.45. The van der Waals surface area contributed by atoms with Gasteiger partial charge in [-0.2, -0.15) is 0 Å². The van der Waals surface area contributed by atoms with Gasteiger partial charge in [-0.15, -0.1) is 0 Å². The minimum Gasteiger partial charge on any atom is -0.326 e. The van der Waals surface area contributed by atoms with E-state index >= 15 is 0 Å². The zero-order valence-corrected chi connectivity index (χ0v) is 18.8. The molecule has 0 N–H and O–H groups in total. The second-order valence-corrected chi connectivity index (χ2v) is 9.67. The van der Waals surface area contributed by atoms with Crippen molar-refractivity contribution in [3.63, 3.8) is 0 Å². The second kappa shape index (κ2) is 8.36. The molecular weight excluding hydrogens is 408 g/mol. The van der Waals surface area contributed by atoms with Crippen molar-refractivity contribution in [2.75, 3.05) is 0 Å². The predicted molar refractivity (Wildman–Crippen MR) is 122 cm³/mol. The summed E-state index contributed by atoms with van der Waals surface area (Å²) in [6.45, 7) is 0. The van der Waals surface area contributed by atoms with Crippen LogP contribution in [-0.2, 0) is 20.5 Å². The van der Waals surface area contributed by atoms with Crippen LogP contribution in [0.1, 0.15) is 35.8 Å². The molecule has 5 rings (SSSR count). The summed E-state index contributed by atoms with van der Waals surface area (Å²) in [5.74, 6) is 0.299. The average molecular weight is 433 g/mol. The first kappa shape index (κ1) is 19.5. The molecule has 0 fully saturated rings. The molecule has 0 saturated heterocycles. The minimum atomic E-state index is 0.299. The third kappa shape index (κ3) is 3.70. The smallest absolute Gasteiger partial charge is 0.173 e. The molecule has 152 valence electrons. The molecule has 4 nitrogen and oxygen atoms in total. The predicted octanol–water partition coefficient (Wildman–Crippen LogP) is 5.92. The van der Waals surface area contributed by atoms with E-state index in [1.54, 1.807) is 23.5 Å². The second-order valence-electron chi connectivity index (χ2n) is 7.59. The van der Waals surface area contributed by atoms with Crippen LogP contribution in [0.2, 0.25) is 0 Å². The summed E-state index contributed by atoms with van der Waals surface area (Å²) < 4.78 is 4.53. The highest BCUT2D eigenvalue weighted by Gasteiger charge is 2.30. The van der Waals surface area contributed by atoms with Gasteiger partial charge in [0.1, 0.15) is 0 Å². The number of rotatable bonds is 5. The molecule has 30 heavy (non-hydrogen) atoms. The van der Waals surface area contributed by atoms with Gasteiger partial charge in [-0.25, -0.2) is 9.97 Å². The van der Waals surface area contributed by atoms with E-state index in [-0.39, 0.29) is 0 Å². The topological polar surface area (TPSA) is 35.6 Å². The van der Waals surface area contributed by atoms with Crippen molar-refractivity contribution in [2.45, 2.75) is 45.3 Å². The third-order valence-corrected chi connectivity index (χ3v) is 7.81. The summed E-state index contributed by atoms with van der Waals surface area (Å²) in [5, 5.41) is 2.09. The number of aromatic nitrogens is 4. The Morgan fingerprint density at radius 1 is 0.833 bits per heavy atom. The van der Waals surface area contributed by atoms with Crippen LogP contribution in [0, 0.1) is 0 Å². The van der Waals surface area contributed by atoms with E-state index in [0.717, 1.165) is 23.2 Å². The van der Waals surface area contributed by atoms with Crippen molar-refractivity contribution in [1.29, 1.82) is 0 Å². The summed E-state index contributed by atoms with van der Waals surface area (Å²) in [6, 6.07) is 20.9. The molecule has 2 aromatic carbocycles. The molecule has 1 aliphatic carbocycles. The van der Waals surface area contributed by atoms with Gasteiger partial charge < -0.3 is 9.13 Å². The van der Waals surface area contributed by atoms with Crippen molar-refractivity contribution in [1.82, 2.24) is 19.1 Å². The van der Waals surface area contributed by atoms with Crippen molar-refractivity contribution in [3.8, 4) is 0 Å². The molecule has 0 spiro atoms. The van der Waals surface area contributed by atoms with E-state index in [9.17, 15) is 0 Å². The molecule has 0 aliphatic heterocycles. The first-order valence-corrected chi connectivity index (χ1v) is 11.9. The zero-order chi connectivity index (χ0) is 20.5. The number of benzene rings is 2. The fourth-order valence-corrected chi connectivity index (χ4v) is 5.85. The van der Waals surface area contributed by atoms with Crippen molar-refractivity contribution in [2.24, 2.45) is 14.1 Å². The van der Waals surface area contributed by atoms with Gasteiger partial charge in [-0.3, -0.25) is 0 Å². The SMILES string of the molecule is Cn1c([C@@H]2CCCc3c2nc(Sc2ccccc2)n3C)cnc1Sc1ccccc1. The zero-order valence-electron chi connectivity index (χ0n) is 17.2. The Morgan fingerprint density at radius 2 is 1.47 bits per heavy atom. The maximum Gasteiger partial charge on any atom is 0.173 e. The highest BCUT2D eigenvalue weighted by atomic mass is 32.2. The lowest BCUT2D eigenvalue weighted by atomic mass is 9.87. The largest absolute Gasteiger partial charge is 0.326 e. The van der Waals surface area contributed by atoms with Crippen molar-refractivity contribution in [3.05, 3.63) is 83.9 Å². The highest BCUT2D eigenvalue weighted by Crippen LogP contribution is 2.40. The van der Waals surface area contributed by atoms with Gasteiger partial charge in [-0.05, 0) is 43.5 Å². The Morgan fingerprint density at radius 3 is 2.13 bits per heavy atom. The quantitative estimate of drug-likeness (QED) is 0.392. The van der Waals surface area contributed by atoms with Crippen LogP contribution in [0.25, 0.3) is 0 Å². The lowest BCUT2D eigenvalue weighted by molar-refractivity contribution is 0.555. The molecule has 1 aliphatic rings. The average Bonchev–Trinajstić information content (AvgIpc) is 3.29. The standard InChI is InChI=1S/C24H24N4S2/c1-27-20-15-9-14-19(22(20)26-24(27)30-18-12-7-4-8-13-18)21-16-25-23(28(21)2)29-17-10-5-3-6-11-17/h3-8,10-13,16,19H,9,14-15H2,1-2H3/t19-/m0/s1. The molecule has 0 bridgehead atoms. The van der Waals surface area contributed by atoms with E-state index in [1.165, 1.54) is 33.3 Å². The van der Waals surface area contributed by atoms with E-state index in [1.807, 2.05) is 12.3 Å². The van der Waals surface area contributed by atoms with Gasteiger partial charge in [0, 0.05) is 41.2 Å². The van der Waals surface area contributed by atoms with Crippen LogP contribution in [0.5, 0.6) is 0 Å². The Labute approximate surface area is 185 Å². The van der Waals surface area contributed by atoms with Gasteiger partial charge in [0.2, 0.25) is 0 Å². The molecular formula is C24H24N4S2. The van der Waals surface area contributed by atoms with E-state index in [0.29, 0.717) is 5.92 Å². The monoisotopic (exact) mass is 432 g/mol. The Kier molecular flexibility index (Phi) is 5.44. The Bertz CT molecular complexity index is 1150. The van der Waals surface area contributed by atoms with Crippen molar-refractivity contribution >= 4 is 23.5 Å². The fraction of sp³-hybridized carbons (Fsp3) is 0.250. The molecule has 4 aromatic rings. The molecule has 1 atom stereocenters. The van der Waals surface area contributed by atoms with Gasteiger partial charge in [0.15, 0.2) is 10.3 Å². The number of imidazole rings is 2. The lowest BCUT2D eigenvalue weighted by Crippen LogP contribution is -2.15. The molecule has 0 saturated carbocycles. The van der Waals surface area contributed by atoms with Crippen LogP contribution < -0.4 is 0 Å². The van der Waals surface area contributed by atoms with Gasteiger partial charge in [0.25, 0.3) is 0 Å². The van der Waals surface area contributed by atoms with Crippen molar-refractivity contribution < 1.29 is 0 Å². The van der Waals surface area contributed by atoms with E-state index in [2.05, 4.69) is 77.8 Å². The molecule has 2 aromatic heterocycles. The molecule has 2 heterocycles. The summed E-state index contributed by atoms with van der Waals surface area (Å²) in [7, 11) is 4.28. The summed E-state index contributed by atoms with van der Waals surface area (Å²) in [5.41, 5.74) is 3.84. The van der Waals surface area contributed by atoms with Crippen LogP contribution in [0.3, 0.4) is 0 Å². The summed E-state index contributed by atoms with van der Waals surface area (Å²) in [4.78, 5) is 12.3. The van der Waals surface area contributed by atoms with E-state index in [4.69, 9.17) is 9.97 Å². The molecule has 0 unspecified atom stereocenters. The normalized spacial score (nSPS) is 15.9. The number of hydrogen-bond acceptors (Lipinski definition) is 4. The third-order valence-electron chi connectivity index (χ3n) is 5.68. The van der Waals surface area contributed by atoms with Gasteiger partial charge >= 0.3 is 0 Å². The number of nitrogens with zero attached hydrogens (tertiary/aromatic N) is 4.